The van der Waals surface area contributed by atoms with Crippen molar-refractivity contribution in [3.63, 3.8) is 0 Å². The summed E-state index contributed by atoms with van der Waals surface area (Å²) in [7, 11) is -3.63. The lowest BCUT2D eigenvalue weighted by atomic mass is 9.99. The molecule has 1 N–H and O–H groups in total. The van der Waals surface area contributed by atoms with E-state index in [1.807, 2.05) is 0 Å². The Hall–Kier alpha value is -1.87. The maximum Gasteiger partial charge on any atom is 0.224 e. The molecular weight excluding hydrogens is 466 g/mol. The first kappa shape index (κ1) is 23.8. The predicted octanol–water partition coefficient (Wildman–Crippen LogP) is 3.87. The number of rotatable bonds is 8. The van der Waals surface area contributed by atoms with E-state index >= 15 is 0 Å². The van der Waals surface area contributed by atoms with Crippen molar-refractivity contribution in [2.75, 3.05) is 26.2 Å². The molecule has 0 aromatic heterocycles. The Labute approximate surface area is 191 Å². The Morgan fingerprint density at radius 3 is 2.65 bits per heavy atom. The minimum Gasteiger partial charge on any atom is -0.492 e. The first-order chi connectivity index (χ1) is 14.7. The largest absolute Gasteiger partial charge is 0.492 e. The van der Waals surface area contributed by atoms with E-state index < -0.39 is 15.9 Å². The molecule has 0 aliphatic carbocycles. The van der Waals surface area contributed by atoms with E-state index in [2.05, 4.69) is 5.32 Å². The van der Waals surface area contributed by atoms with Crippen LogP contribution in [0, 0.1) is 11.7 Å². The Balaban J connectivity index is 1.50. The highest BCUT2D eigenvalue weighted by Gasteiger charge is 2.32. The molecular formula is C21H23Cl2FN2O4S. The van der Waals surface area contributed by atoms with Gasteiger partial charge in [-0.3, -0.25) is 4.79 Å². The van der Waals surface area contributed by atoms with E-state index in [0.717, 1.165) is 0 Å². The van der Waals surface area contributed by atoms with Gasteiger partial charge in [0.1, 0.15) is 18.2 Å². The highest BCUT2D eigenvalue weighted by atomic mass is 35.5. The number of benzene rings is 2. The molecule has 1 amide bonds. The molecule has 0 spiro atoms. The van der Waals surface area contributed by atoms with E-state index in [1.54, 1.807) is 12.1 Å². The average Bonchev–Trinajstić information content (AvgIpc) is 2.74. The van der Waals surface area contributed by atoms with Crippen LogP contribution in [0.15, 0.2) is 42.5 Å². The zero-order valence-electron chi connectivity index (χ0n) is 16.7. The molecule has 1 aliphatic rings. The standard InChI is InChI=1S/C21H23Cl2FN2O4S/c22-17-4-3-16(20(23)12-17)14-31(28,29)26-10-1-2-15(13-26)21(27)25-9-11-30-19-7-5-18(24)6-8-19/h3-8,12,15H,1-2,9-11,13-14H2,(H,25,27). The summed E-state index contributed by atoms with van der Waals surface area (Å²) in [6.45, 7) is 0.976. The van der Waals surface area contributed by atoms with Crippen molar-refractivity contribution < 1.29 is 22.3 Å². The summed E-state index contributed by atoms with van der Waals surface area (Å²) in [6.07, 6.45) is 1.20. The zero-order valence-corrected chi connectivity index (χ0v) is 19.0. The Bertz CT molecular complexity index is 1020. The van der Waals surface area contributed by atoms with Crippen molar-refractivity contribution in [2.24, 2.45) is 5.92 Å². The van der Waals surface area contributed by atoms with Crippen molar-refractivity contribution in [3.05, 3.63) is 63.9 Å². The molecule has 0 saturated carbocycles. The highest BCUT2D eigenvalue weighted by molar-refractivity contribution is 7.88. The van der Waals surface area contributed by atoms with Gasteiger partial charge in [-0.05, 0) is 54.8 Å². The Morgan fingerprint density at radius 1 is 1.19 bits per heavy atom. The molecule has 10 heteroatoms. The summed E-state index contributed by atoms with van der Waals surface area (Å²) in [5.41, 5.74) is 0.468. The van der Waals surface area contributed by atoms with E-state index in [4.69, 9.17) is 27.9 Å². The normalized spacial score (nSPS) is 17.3. The minimum absolute atomic E-state index is 0.123. The molecule has 168 valence electrons. The highest BCUT2D eigenvalue weighted by Crippen LogP contribution is 2.26. The number of hydrogen-bond acceptors (Lipinski definition) is 4. The number of sulfonamides is 1. The maximum absolute atomic E-state index is 12.9. The number of halogens is 3. The fourth-order valence-corrected chi connectivity index (χ4v) is 5.55. The molecule has 1 atom stereocenters. The summed E-state index contributed by atoms with van der Waals surface area (Å²) >= 11 is 12.0. The molecule has 1 fully saturated rings. The first-order valence-corrected chi connectivity index (χ1v) is 12.2. The van der Waals surface area contributed by atoms with Crippen LogP contribution in [0.2, 0.25) is 10.0 Å². The van der Waals surface area contributed by atoms with Crippen LogP contribution >= 0.6 is 23.2 Å². The van der Waals surface area contributed by atoms with Crippen LogP contribution in [0.1, 0.15) is 18.4 Å². The van der Waals surface area contributed by atoms with E-state index in [9.17, 15) is 17.6 Å². The number of piperidine rings is 1. The van der Waals surface area contributed by atoms with Crippen molar-refractivity contribution in [1.82, 2.24) is 9.62 Å². The SMILES string of the molecule is O=C(NCCOc1ccc(F)cc1)C1CCCN(S(=O)(=O)Cc2ccc(Cl)cc2Cl)C1. The monoisotopic (exact) mass is 488 g/mol. The quantitative estimate of drug-likeness (QED) is 0.572. The number of hydrogen-bond donors (Lipinski definition) is 1. The van der Waals surface area contributed by atoms with Crippen molar-refractivity contribution in [3.8, 4) is 5.75 Å². The minimum atomic E-state index is -3.63. The third kappa shape index (κ3) is 6.80. The van der Waals surface area contributed by atoms with Crippen molar-refractivity contribution in [2.45, 2.75) is 18.6 Å². The molecule has 31 heavy (non-hydrogen) atoms. The van der Waals surface area contributed by atoms with Crippen LogP contribution in [-0.4, -0.2) is 44.9 Å². The maximum atomic E-state index is 12.9. The predicted molar refractivity (Wildman–Crippen MR) is 118 cm³/mol. The number of carbonyl (C=O) groups is 1. The summed E-state index contributed by atoms with van der Waals surface area (Å²) in [4.78, 5) is 12.5. The number of ether oxygens (including phenoxy) is 1. The van der Waals surface area contributed by atoms with Gasteiger partial charge in [-0.15, -0.1) is 0 Å². The summed E-state index contributed by atoms with van der Waals surface area (Å²) in [5.74, 6) is -0.743. The lowest BCUT2D eigenvalue weighted by Gasteiger charge is -2.31. The average molecular weight is 489 g/mol. The van der Waals surface area contributed by atoms with Gasteiger partial charge in [0.25, 0.3) is 0 Å². The van der Waals surface area contributed by atoms with E-state index in [0.29, 0.717) is 40.7 Å². The van der Waals surface area contributed by atoms with Crippen LogP contribution < -0.4 is 10.1 Å². The van der Waals surface area contributed by atoms with Gasteiger partial charge in [0.2, 0.25) is 15.9 Å². The van der Waals surface area contributed by atoms with Crippen LogP contribution in [-0.2, 0) is 20.6 Å². The number of nitrogens with zero attached hydrogens (tertiary/aromatic N) is 1. The van der Waals surface area contributed by atoms with E-state index in [-0.39, 0.29) is 37.2 Å². The fraction of sp³-hybridized carbons (Fsp3) is 0.381. The topological polar surface area (TPSA) is 75.7 Å². The van der Waals surface area contributed by atoms with E-state index in [1.165, 1.54) is 34.6 Å². The number of nitrogens with one attached hydrogen (secondary N) is 1. The van der Waals surface area contributed by atoms with Crippen LogP contribution in [0.3, 0.4) is 0 Å². The van der Waals surface area contributed by atoms with Crippen molar-refractivity contribution in [1.29, 1.82) is 0 Å². The molecule has 0 bridgehead atoms. The van der Waals surface area contributed by atoms with Crippen LogP contribution in [0.4, 0.5) is 4.39 Å². The number of carbonyl (C=O) groups excluding carboxylic acids is 1. The molecule has 1 saturated heterocycles. The third-order valence-corrected chi connectivity index (χ3v) is 7.37. The summed E-state index contributed by atoms with van der Waals surface area (Å²) < 4.78 is 45.4. The second-order valence-electron chi connectivity index (χ2n) is 7.28. The first-order valence-electron chi connectivity index (χ1n) is 9.82. The van der Waals surface area contributed by atoms with Crippen molar-refractivity contribution >= 4 is 39.1 Å². The number of amides is 1. The van der Waals surface area contributed by atoms with Crippen LogP contribution in [0.5, 0.6) is 5.75 Å². The summed E-state index contributed by atoms with van der Waals surface area (Å²) in [5, 5.41) is 3.51. The van der Waals surface area contributed by atoms with Gasteiger partial charge in [-0.25, -0.2) is 17.1 Å². The lowest BCUT2D eigenvalue weighted by Crippen LogP contribution is -2.46. The Kier molecular flexibility index (Phi) is 8.16. The smallest absolute Gasteiger partial charge is 0.224 e. The van der Waals surface area contributed by atoms with Gasteiger partial charge in [0.15, 0.2) is 0 Å². The second-order valence-corrected chi connectivity index (χ2v) is 10.1. The molecule has 2 aromatic carbocycles. The van der Waals surface area contributed by atoms with Gasteiger partial charge in [0.05, 0.1) is 18.2 Å². The fourth-order valence-electron chi connectivity index (χ4n) is 3.35. The van der Waals surface area contributed by atoms with Gasteiger partial charge in [-0.1, -0.05) is 29.3 Å². The Morgan fingerprint density at radius 2 is 1.94 bits per heavy atom. The van der Waals surface area contributed by atoms with Gasteiger partial charge >= 0.3 is 0 Å². The molecule has 0 radical (unpaired) electrons. The molecule has 6 nitrogen and oxygen atoms in total. The van der Waals surface area contributed by atoms with Gasteiger partial charge in [0, 0.05) is 23.1 Å². The zero-order chi connectivity index (χ0) is 22.4. The van der Waals surface area contributed by atoms with Gasteiger partial charge < -0.3 is 10.1 Å². The molecule has 1 aliphatic heterocycles. The molecule has 2 aromatic rings. The summed E-state index contributed by atoms with van der Waals surface area (Å²) in [6, 6.07) is 10.3. The van der Waals surface area contributed by atoms with Gasteiger partial charge in [-0.2, -0.15) is 0 Å². The molecule has 3 rings (SSSR count). The lowest BCUT2D eigenvalue weighted by molar-refractivity contribution is -0.126. The second kappa shape index (κ2) is 10.6. The third-order valence-electron chi connectivity index (χ3n) is 4.98. The molecule has 1 heterocycles. The van der Waals surface area contributed by atoms with Crippen LogP contribution in [0.25, 0.3) is 0 Å². The molecule has 1 unspecified atom stereocenters.